The highest BCUT2D eigenvalue weighted by Gasteiger charge is 2.28. The minimum Gasteiger partial charge on any atom is -0.493 e. The normalized spacial score (nSPS) is 13.0. The molecule has 3 atom stereocenters. The van der Waals surface area contributed by atoms with Crippen LogP contribution in [0.1, 0.15) is 48.8 Å². The van der Waals surface area contributed by atoms with E-state index in [0.717, 1.165) is 11.1 Å². The van der Waals surface area contributed by atoms with E-state index in [9.17, 15) is 23.2 Å². The van der Waals surface area contributed by atoms with Crippen molar-refractivity contribution in [2.45, 2.75) is 46.3 Å². The number of Topliss-reactive ketones (excluding diaryl/α,β-unsaturated/α-hetero) is 1. The number of ketones is 1. The highest BCUT2D eigenvalue weighted by molar-refractivity contribution is 5.99. The number of methoxy groups -OCH3 is 1. The Balaban J connectivity index is 1.65. The average molecular weight is 600 g/mol. The van der Waals surface area contributed by atoms with E-state index in [0.29, 0.717) is 6.42 Å². The standard InChI is InChI=1S/C32H35F2NO8/c1-20(15-28(37)30-31(42-19-41-22(3)36)29(39-4)13-14-35-30)32(38)43-21(2)25(16-23-5-9-26(33)10-6-23)18-40-17-24-7-11-27(34)12-8-24/h5-14,20-21,25H,15-19H2,1-4H3/t20-,21+,25-/m1/s1. The lowest BCUT2D eigenvalue weighted by Gasteiger charge is -2.25. The molecule has 9 nitrogen and oxygen atoms in total. The summed E-state index contributed by atoms with van der Waals surface area (Å²) in [5.74, 6) is -3.33. The lowest BCUT2D eigenvalue weighted by Crippen LogP contribution is -2.32. The second-order valence-corrected chi connectivity index (χ2v) is 9.99. The zero-order valence-corrected chi connectivity index (χ0v) is 24.5. The SMILES string of the molecule is COc1ccnc(C(=O)C[C@@H](C)C(=O)O[C@@H](C)[C@@H](COCc2ccc(F)cc2)Cc2ccc(F)cc2)c1OCOC(C)=O. The van der Waals surface area contributed by atoms with Gasteiger partial charge in [-0.3, -0.25) is 14.4 Å². The van der Waals surface area contributed by atoms with Crippen LogP contribution in [0, 0.1) is 23.5 Å². The molecule has 0 aliphatic rings. The molecular weight excluding hydrogens is 564 g/mol. The summed E-state index contributed by atoms with van der Waals surface area (Å²) in [4.78, 5) is 41.4. The zero-order chi connectivity index (χ0) is 31.4. The molecule has 2 aromatic carbocycles. The first-order valence-electron chi connectivity index (χ1n) is 13.7. The predicted molar refractivity (Wildman–Crippen MR) is 151 cm³/mol. The molecule has 0 aliphatic heterocycles. The summed E-state index contributed by atoms with van der Waals surface area (Å²) in [5, 5.41) is 0. The van der Waals surface area contributed by atoms with Gasteiger partial charge >= 0.3 is 11.9 Å². The van der Waals surface area contributed by atoms with E-state index in [-0.39, 0.29) is 54.4 Å². The number of aromatic nitrogens is 1. The molecule has 43 heavy (non-hydrogen) atoms. The molecule has 0 bridgehead atoms. The van der Waals surface area contributed by atoms with Crippen LogP contribution in [0.4, 0.5) is 8.78 Å². The van der Waals surface area contributed by atoms with Crippen LogP contribution in [-0.4, -0.2) is 49.3 Å². The highest BCUT2D eigenvalue weighted by atomic mass is 19.1. The second kappa shape index (κ2) is 16.3. The summed E-state index contributed by atoms with van der Waals surface area (Å²) in [5.41, 5.74) is 1.52. The summed E-state index contributed by atoms with van der Waals surface area (Å²) in [6.45, 7) is 4.48. The number of hydrogen-bond acceptors (Lipinski definition) is 9. The van der Waals surface area contributed by atoms with Gasteiger partial charge in [0, 0.05) is 31.5 Å². The monoisotopic (exact) mass is 599 g/mol. The van der Waals surface area contributed by atoms with Crippen LogP contribution in [0.5, 0.6) is 11.5 Å². The van der Waals surface area contributed by atoms with E-state index in [1.54, 1.807) is 38.1 Å². The van der Waals surface area contributed by atoms with Gasteiger partial charge in [-0.25, -0.2) is 13.8 Å². The van der Waals surface area contributed by atoms with Crippen LogP contribution < -0.4 is 9.47 Å². The fourth-order valence-corrected chi connectivity index (χ4v) is 4.15. The third-order valence-corrected chi connectivity index (χ3v) is 6.60. The predicted octanol–water partition coefficient (Wildman–Crippen LogP) is 5.48. The minimum atomic E-state index is -0.837. The molecule has 1 aromatic heterocycles. The Hall–Kier alpha value is -4.38. The Bertz CT molecular complexity index is 1360. The van der Waals surface area contributed by atoms with Crippen LogP contribution in [-0.2, 0) is 36.8 Å². The summed E-state index contributed by atoms with van der Waals surface area (Å²) in [6, 6.07) is 13.4. The number of ether oxygens (including phenoxy) is 5. The fraction of sp³-hybridized carbons (Fsp3) is 0.375. The first kappa shape index (κ1) is 33.1. The number of carbonyl (C=O) groups is 3. The van der Waals surface area contributed by atoms with E-state index in [4.69, 9.17) is 23.7 Å². The molecule has 0 saturated heterocycles. The van der Waals surface area contributed by atoms with Crippen molar-refractivity contribution in [3.63, 3.8) is 0 Å². The quantitative estimate of drug-likeness (QED) is 0.120. The fourth-order valence-electron chi connectivity index (χ4n) is 4.15. The average Bonchev–Trinajstić information content (AvgIpc) is 2.98. The summed E-state index contributed by atoms with van der Waals surface area (Å²) >= 11 is 0. The summed E-state index contributed by atoms with van der Waals surface area (Å²) in [6.07, 6.45) is 0.935. The molecule has 1 heterocycles. The molecule has 0 unspecified atom stereocenters. The van der Waals surface area contributed by atoms with Crippen LogP contribution in [0.15, 0.2) is 60.8 Å². The number of nitrogens with zero attached hydrogens (tertiary/aromatic N) is 1. The number of rotatable bonds is 16. The first-order valence-corrected chi connectivity index (χ1v) is 13.7. The molecule has 0 radical (unpaired) electrons. The van der Waals surface area contributed by atoms with Crippen molar-refractivity contribution in [3.8, 4) is 11.5 Å². The van der Waals surface area contributed by atoms with Crippen molar-refractivity contribution in [3.05, 3.63) is 89.2 Å². The third kappa shape index (κ3) is 10.4. The van der Waals surface area contributed by atoms with Crippen molar-refractivity contribution in [2.75, 3.05) is 20.5 Å². The Kier molecular flexibility index (Phi) is 12.6. The van der Waals surface area contributed by atoms with Crippen molar-refractivity contribution < 1.29 is 46.8 Å². The maximum atomic E-state index is 13.5. The van der Waals surface area contributed by atoms with E-state index in [1.165, 1.54) is 50.6 Å². The van der Waals surface area contributed by atoms with E-state index in [2.05, 4.69) is 4.98 Å². The summed E-state index contributed by atoms with van der Waals surface area (Å²) in [7, 11) is 1.38. The molecule has 0 amide bonds. The molecule has 0 fully saturated rings. The highest BCUT2D eigenvalue weighted by Crippen LogP contribution is 2.31. The van der Waals surface area contributed by atoms with Gasteiger partial charge in [-0.1, -0.05) is 31.2 Å². The van der Waals surface area contributed by atoms with E-state index in [1.807, 2.05) is 0 Å². The van der Waals surface area contributed by atoms with Gasteiger partial charge in [0.1, 0.15) is 17.7 Å². The third-order valence-electron chi connectivity index (χ3n) is 6.60. The Morgan fingerprint density at radius 3 is 2.14 bits per heavy atom. The van der Waals surface area contributed by atoms with E-state index >= 15 is 0 Å². The van der Waals surface area contributed by atoms with Gasteiger partial charge in [-0.2, -0.15) is 0 Å². The maximum absolute atomic E-state index is 13.5. The molecular formula is C32H35F2NO8. The minimum absolute atomic E-state index is 0.0112. The van der Waals surface area contributed by atoms with Crippen LogP contribution in [0.3, 0.4) is 0 Å². The zero-order valence-electron chi connectivity index (χ0n) is 24.5. The van der Waals surface area contributed by atoms with Gasteiger partial charge in [0.2, 0.25) is 6.79 Å². The van der Waals surface area contributed by atoms with Crippen molar-refractivity contribution in [2.24, 2.45) is 11.8 Å². The maximum Gasteiger partial charge on any atom is 0.309 e. The van der Waals surface area contributed by atoms with Gasteiger partial charge < -0.3 is 23.7 Å². The summed E-state index contributed by atoms with van der Waals surface area (Å²) < 4.78 is 53.8. The first-order chi connectivity index (χ1) is 20.6. The van der Waals surface area contributed by atoms with E-state index < -0.39 is 36.5 Å². The second-order valence-electron chi connectivity index (χ2n) is 9.99. The number of esters is 2. The lowest BCUT2D eigenvalue weighted by atomic mass is 9.95. The van der Waals surface area contributed by atoms with Crippen LogP contribution in [0.2, 0.25) is 0 Å². The molecule has 0 spiro atoms. The van der Waals surface area contributed by atoms with Crippen molar-refractivity contribution in [1.29, 1.82) is 0 Å². The van der Waals surface area contributed by atoms with Gasteiger partial charge in [-0.05, 0) is 48.7 Å². The molecule has 230 valence electrons. The van der Waals surface area contributed by atoms with Crippen LogP contribution in [0.25, 0.3) is 0 Å². The van der Waals surface area contributed by atoms with Crippen molar-refractivity contribution in [1.82, 2.24) is 4.98 Å². The Morgan fingerprint density at radius 2 is 1.53 bits per heavy atom. The van der Waals surface area contributed by atoms with Gasteiger partial charge in [0.25, 0.3) is 0 Å². The number of carbonyl (C=O) groups excluding carboxylic acids is 3. The molecule has 3 aromatic rings. The van der Waals surface area contributed by atoms with Crippen molar-refractivity contribution >= 4 is 17.7 Å². The topological polar surface area (TPSA) is 110 Å². The molecule has 0 aliphatic carbocycles. The molecule has 11 heteroatoms. The Morgan fingerprint density at radius 1 is 0.907 bits per heavy atom. The lowest BCUT2D eigenvalue weighted by molar-refractivity contribution is -0.156. The number of halogens is 2. The largest absolute Gasteiger partial charge is 0.493 e. The van der Waals surface area contributed by atoms with Crippen LogP contribution >= 0.6 is 0 Å². The molecule has 3 rings (SSSR count). The number of pyridine rings is 1. The van der Waals surface area contributed by atoms with Gasteiger partial charge in [0.05, 0.1) is 26.2 Å². The van der Waals surface area contributed by atoms with Gasteiger partial charge in [0.15, 0.2) is 23.0 Å². The molecule has 0 saturated carbocycles. The molecule has 0 N–H and O–H groups in total. The number of benzene rings is 2. The van der Waals surface area contributed by atoms with Gasteiger partial charge in [-0.15, -0.1) is 0 Å². The number of hydrogen-bond donors (Lipinski definition) is 0. The Labute approximate surface area is 249 Å². The smallest absolute Gasteiger partial charge is 0.309 e.